The Kier molecular flexibility index (Phi) is 4.39. The van der Waals surface area contributed by atoms with Crippen LogP contribution in [0.2, 0.25) is 0 Å². The van der Waals surface area contributed by atoms with E-state index in [0.717, 1.165) is 12.0 Å². The van der Waals surface area contributed by atoms with E-state index in [1.807, 2.05) is 30.3 Å². The van der Waals surface area contributed by atoms with Gasteiger partial charge in [-0.3, -0.25) is 9.59 Å². The van der Waals surface area contributed by atoms with E-state index >= 15 is 0 Å². The number of nitrogens with one attached hydrogen (secondary N) is 1. The number of H-pyrrole nitrogens is 1. The summed E-state index contributed by atoms with van der Waals surface area (Å²) >= 11 is 1.25. The summed E-state index contributed by atoms with van der Waals surface area (Å²) in [5, 5.41) is 0. The van der Waals surface area contributed by atoms with Crippen molar-refractivity contribution >= 4 is 29.3 Å². The minimum atomic E-state index is -0.272. The van der Waals surface area contributed by atoms with Gasteiger partial charge in [-0.25, -0.2) is 0 Å². The van der Waals surface area contributed by atoms with Crippen LogP contribution in [0.15, 0.2) is 51.9 Å². The zero-order valence-electron chi connectivity index (χ0n) is 12.5. The Balaban J connectivity index is 1.95. The first-order valence-electron chi connectivity index (χ1n) is 7.25. The Morgan fingerprint density at radius 2 is 2.04 bits per heavy atom. The molecule has 23 heavy (non-hydrogen) atoms. The molecular formula is C18H15NO3S. The molecule has 0 aliphatic carbocycles. The SMILES string of the molecule is CCc1ccc(C=c2sc(=CC(=O)c3ccco3)[nH]c2=O)cc1. The highest BCUT2D eigenvalue weighted by molar-refractivity contribution is 7.07. The molecule has 0 saturated heterocycles. The molecule has 2 aromatic heterocycles. The summed E-state index contributed by atoms with van der Waals surface area (Å²) in [6.45, 7) is 2.10. The number of carbonyl (C=O) groups excluding carboxylic acids is 1. The van der Waals surface area contributed by atoms with Crippen molar-refractivity contribution in [3.63, 3.8) is 0 Å². The number of hydrogen-bond acceptors (Lipinski definition) is 4. The van der Waals surface area contributed by atoms with E-state index in [0.29, 0.717) is 9.20 Å². The molecule has 0 unspecified atom stereocenters. The van der Waals surface area contributed by atoms with E-state index in [1.54, 1.807) is 12.1 Å². The van der Waals surface area contributed by atoms with Crippen LogP contribution in [0.4, 0.5) is 0 Å². The molecule has 116 valence electrons. The third kappa shape index (κ3) is 3.57. The Hall–Kier alpha value is -2.66. The Morgan fingerprint density at radius 3 is 2.70 bits per heavy atom. The molecule has 5 heteroatoms. The van der Waals surface area contributed by atoms with Crippen LogP contribution >= 0.6 is 11.3 Å². The summed E-state index contributed by atoms with van der Waals surface area (Å²) in [5.74, 6) is -0.0220. The van der Waals surface area contributed by atoms with Gasteiger partial charge < -0.3 is 9.40 Å². The lowest BCUT2D eigenvalue weighted by molar-refractivity contribution is 0.103. The van der Waals surface area contributed by atoms with E-state index in [-0.39, 0.29) is 17.1 Å². The minimum absolute atomic E-state index is 0.201. The van der Waals surface area contributed by atoms with Gasteiger partial charge in [-0.05, 0) is 35.8 Å². The number of aryl methyl sites for hydroxylation is 1. The molecule has 0 saturated carbocycles. The van der Waals surface area contributed by atoms with Crippen molar-refractivity contribution in [3.05, 3.63) is 79.1 Å². The number of rotatable bonds is 4. The van der Waals surface area contributed by atoms with Crippen LogP contribution in [0.3, 0.4) is 0 Å². The van der Waals surface area contributed by atoms with E-state index in [4.69, 9.17) is 4.42 Å². The standard InChI is InChI=1S/C18H15NO3S/c1-2-12-5-7-13(8-6-12)10-16-18(21)19-17(23-16)11-14(20)15-4-3-9-22-15/h3-11H,2H2,1H3,(H,19,21). The van der Waals surface area contributed by atoms with Crippen molar-refractivity contribution in [2.75, 3.05) is 0 Å². The molecule has 0 radical (unpaired) electrons. The number of thiazole rings is 1. The van der Waals surface area contributed by atoms with Gasteiger partial charge in [0.25, 0.3) is 5.56 Å². The third-order valence-corrected chi connectivity index (χ3v) is 4.36. The van der Waals surface area contributed by atoms with E-state index in [2.05, 4.69) is 11.9 Å². The van der Waals surface area contributed by atoms with Crippen LogP contribution in [0, 0.1) is 0 Å². The minimum Gasteiger partial charge on any atom is -0.461 e. The predicted octanol–water partition coefficient (Wildman–Crippen LogP) is 2.08. The molecule has 2 heterocycles. The van der Waals surface area contributed by atoms with Crippen LogP contribution in [0.5, 0.6) is 0 Å². The molecule has 0 atom stereocenters. The highest BCUT2D eigenvalue weighted by atomic mass is 32.1. The molecule has 0 aliphatic heterocycles. The average Bonchev–Trinajstić information content (AvgIpc) is 3.19. The van der Waals surface area contributed by atoms with Gasteiger partial charge >= 0.3 is 0 Å². The first kappa shape index (κ1) is 15.2. The monoisotopic (exact) mass is 325 g/mol. The Morgan fingerprint density at radius 1 is 1.26 bits per heavy atom. The molecule has 0 spiro atoms. The Labute approximate surface area is 136 Å². The maximum absolute atomic E-state index is 12.0. The molecule has 3 rings (SSSR count). The first-order chi connectivity index (χ1) is 11.2. The van der Waals surface area contributed by atoms with Crippen LogP contribution < -0.4 is 14.8 Å². The Bertz CT molecular complexity index is 976. The van der Waals surface area contributed by atoms with Crippen molar-refractivity contribution < 1.29 is 9.21 Å². The highest BCUT2D eigenvalue weighted by Crippen LogP contribution is 2.05. The second-order valence-electron chi connectivity index (χ2n) is 5.01. The van der Waals surface area contributed by atoms with Crippen molar-refractivity contribution in [2.45, 2.75) is 13.3 Å². The number of Topliss-reactive ketones (excluding diaryl/α,β-unsaturated/α-hetero) is 1. The fraction of sp³-hybridized carbons (Fsp3) is 0.111. The van der Waals surface area contributed by atoms with Crippen LogP contribution in [0.1, 0.15) is 28.6 Å². The van der Waals surface area contributed by atoms with Crippen molar-refractivity contribution in [2.24, 2.45) is 0 Å². The maximum Gasteiger partial charge on any atom is 0.266 e. The van der Waals surface area contributed by atoms with Gasteiger partial charge in [0.15, 0.2) is 5.76 Å². The first-order valence-corrected chi connectivity index (χ1v) is 8.06. The fourth-order valence-corrected chi connectivity index (χ4v) is 3.02. The molecule has 3 aromatic rings. The van der Waals surface area contributed by atoms with Gasteiger partial charge in [0.1, 0.15) is 0 Å². The summed E-state index contributed by atoms with van der Waals surface area (Å²) < 4.78 is 6.12. The van der Waals surface area contributed by atoms with Crippen LogP contribution in [0.25, 0.3) is 12.2 Å². The van der Waals surface area contributed by atoms with Gasteiger partial charge in [0, 0.05) is 6.08 Å². The average molecular weight is 325 g/mol. The lowest BCUT2D eigenvalue weighted by atomic mass is 10.1. The van der Waals surface area contributed by atoms with E-state index in [1.165, 1.54) is 29.2 Å². The number of ketones is 1. The van der Waals surface area contributed by atoms with Gasteiger partial charge in [-0.1, -0.05) is 31.2 Å². The van der Waals surface area contributed by atoms with E-state index < -0.39 is 0 Å². The van der Waals surface area contributed by atoms with Gasteiger partial charge in [0.05, 0.1) is 15.5 Å². The molecule has 1 N–H and O–H groups in total. The van der Waals surface area contributed by atoms with Gasteiger partial charge in [-0.2, -0.15) is 0 Å². The van der Waals surface area contributed by atoms with Crippen molar-refractivity contribution in [3.8, 4) is 0 Å². The van der Waals surface area contributed by atoms with Gasteiger partial charge in [0.2, 0.25) is 5.78 Å². The number of aromatic amines is 1. The largest absolute Gasteiger partial charge is 0.461 e. The zero-order valence-corrected chi connectivity index (χ0v) is 13.4. The summed E-state index contributed by atoms with van der Waals surface area (Å²) in [4.78, 5) is 26.6. The fourth-order valence-electron chi connectivity index (χ4n) is 2.13. The third-order valence-electron chi connectivity index (χ3n) is 3.39. The molecule has 0 amide bonds. The molecule has 0 aliphatic rings. The van der Waals surface area contributed by atoms with Crippen molar-refractivity contribution in [1.82, 2.24) is 4.98 Å². The van der Waals surface area contributed by atoms with E-state index in [9.17, 15) is 9.59 Å². The molecule has 1 aromatic carbocycles. The predicted molar refractivity (Wildman–Crippen MR) is 91.1 cm³/mol. The van der Waals surface area contributed by atoms with Gasteiger partial charge in [-0.15, -0.1) is 11.3 Å². The highest BCUT2D eigenvalue weighted by Gasteiger charge is 2.05. The second-order valence-corrected chi connectivity index (χ2v) is 6.09. The molecular weight excluding hydrogens is 310 g/mol. The topological polar surface area (TPSA) is 63.1 Å². The zero-order chi connectivity index (χ0) is 16.2. The molecule has 0 fully saturated rings. The summed E-state index contributed by atoms with van der Waals surface area (Å²) in [6, 6.07) is 11.3. The lowest BCUT2D eigenvalue weighted by Gasteiger charge is -1.96. The summed E-state index contributed by atoms with van der Waals surface area (Å²) in [5.41, 5.74) is 2.01. The number of benzene rings is 1. The summed E-state index contributed by atoms with van der Waals surface area (Å²) in [7, 11) is 0. The maximum atomic E-state index is 12.0. The molecule has 0 bridgehead atoms. The second kappa shape index (κ2) is 6.62. The quantitative estimate of drug-likeness (QED) is 0.747. The number of hydrogen-bond donors (Lipinski definition) is 1. The number of carbonyl (C=O) groups is 1. The number of aromatic nitrogens is 1. The summed E-state index contributed by atoms with van der Waals surface area (Å²) in [6.07, 6.45) is 5.62. The smallest absolute Gasteiger partial charge is 0.266 e. The van der Waals surface area contributed by atoms with Crippen LogP contribution in [-0.2, 0) is 6.42 Å². The molecule has 4 nitrogen and oxygen atoms in total. The normalized spacial score (nSPS) is 12.7. The van der Waals surface area contributed by atoms with Crippen molar-refractivity contribution in [1.29, 1.82) is 0 Å². The van der Waals surface area contributed by atoms with Crippen LogP contribution in [-0.4, -0.2) is 10.8 Å². The number of furan rings is 1. The lowest BCUT2D eigenvalue weighted by Crippen LogP contribution is -2.19.